The van der Waals surface area contributed by atoms with Gasteiger partial charge in [-0.3, -0.25) is 14.3 Å². The molecule has 8 heteroatoms. The van der Waals surface area contributed by atoms with Crippen molar-refractivity contribution in [3.05, 3.63) is 88.2 Å². The van der Waals surface area contributed by atoms with Gasteiger partial charge in [0.25, 0.3) is 5.91 Å². The van der Waals surface area contributed by atoms with Crippen LogP contribution in [0.25, 0.3) is 0 Å². The number of hydrogen-bond donors (Lipinski definition) is 1. The molecule has 1 aromatic heterocycles. The first-order valence-corrected chi connectivity index (χ1v) is 11.7. The van der Waals surface area contributed by atoms with Crippen molar-refractivity contribution in [2.24, 2.45) is 0 Å². The second kappa shape index (κ2) is 9.74. The van der Waals surface area contributed by atoms with Gasteiger partial charge >= 0.3 is 5.97 Å². The molecule has 0 radical (unpaired) electrons. The van der Waals surface area contributed by atoms with Crippen LogP contribution in [0.5, 0.6) is 0 Å². The first-order chi connectivity index (χ1) is 16.7. The van der Waals surface area contributed by atoms with Crippen molar-refractivity contribution in [3.8, 4) is 0 Å². The van der Waals surface area contributed by atoms with E-state index < -0.39 is 11.5 Å². The Morgan fingerprint density at radius 1 is 1.03 bits per heavy atom. The molecular formula is C27H30N4O4. The number of hydrogen-bond acceptors (Lipinski definition) is 5. The fourth-order valence-corrected chi connectivity index (χ4v) is 4.15. The summed E-state index contributed by atoms with van der Waals surface area (Å²) in [5.41, 5.74) is 3.19. The number of rotatable bonds is 7. The monoisotopic (exact) mass is 474 g/mol. The summed E-state index contributed by atoms with van der Waals surface area (Å²) in [6, 6.07) is 17.2. The average Bonchev–Trinajstić information content (AvgIpc) is 3.26. The zero-order valence-electron chi connectivity index (χ0n) is 20.5. The second-order valence-corrected chi connectivity index (χ2v) is 9.11. The van der Waals surface area contributed by atoms with Gasteiger partial charge in [-0.05, 0) is 38.8 Å². The van der Waals surface area contributed by atoms with E-state index in [9.17, 15) is 14.4 Å². The van der Waals surface area contributed by atoms with Crippen LogP contribution in [0.1, 0.15) is 57.1 Å². The first kappa shape index (κ1) is 24.2. The minimum absolute atomic E-state index is 0.0507. The van der Waals surface area contributed by atoms with E-state index in [2.05, 4.69) is 10.4 Å². The van der Waals surface area contributed by atoms with Crippen molar-refractivity contribution < 1.29 is 19.1 Å². The largest absolute Gasteiger partial charge is 0.461 e. The summed E-state index contributed by atoms with van der Waals surface area (Å²) in [5, 5.41) is 7.28. The lowest BCUT2D eigenvalue weighted by molar-refractivity contribution is -0.133. The molecule has 1 atom stereocenters. The molecule has 0 aliphatic carbocycles. The molecule has 0 saturated carbocycles. The lowest BCUT2D eigenvalue weighted by Gasteiger charge is -2.43. The highest BCUT2D eigenvalue weighted by Gasteiger charge is 2.48. The van der Waals surface area contributed by atoms with Crippen LogP contribution in [0.2, 0.25) is 0 Å². The van der Waals surface area contributed by atoms with Crippen LogP contribution in [-0.4, -0.2) is 44.6 Å². The number of nitrogens with one attached hydrogen (secondary N) is 1. The molecule has 2 aromatic carbocycles. The summed E-state index contributed by atoms with van der Waals surface area (Å²) in [5.74, 6) is -1.26. The first-order valence-electron chi connectivity index (χ1n) is 11.7. The van der Waals surface area contributed by atoms with Gasteiger partial charge in [0.2, 0.25) is 5.91 Å². The van der Waals surface area contributed by atoms with E-state index in [1.807, 2.05) is 62.4 Å². The van der Waals surface area contributed by atoms with E-state index in [0.717, 1.165) is 22.3 Å². The van der Waals surface area contributed by atoms with Gasteiger partial charge in [-0.2, -0.15) is 5.10 Å². The topological polar surface area (TPSA) is 93.5 Å². The SMILES string of the molecule is CCOC(=O)c1cc2n(n1)C[C@](C)(C(=O)NCc1ccc(C)cc1)N(Cc1ccc(C)cc1)C2=O. The van der Waals surface area contributed by atoms with Crippen LogP contribution in [-0.2, 0) is 29.2 Å². The average molecular weight is 475 g/mol. The number of nitrogens with zero attached hydrogens (tertiary/aromatic N) is 3. The number of aryl methyl sites for hydroxylation is 2. The van der Waals surface area contributed by atoms with Crippen LogP contribution in [0.4, 0.5) is 0 Å². The molecule has 1 aliphatic rings. The Balaban J connectivity index is 1.66. The van der Waals surface area contributed by atoms with Crippen molar-refractivity contribution in [2.45, 2.75) is 52.9 Å². The third-order valence-corrected chi connectivity index (χ3v) is 6.31. The maximum Gasteiger partial charge on any atom is 0.358 e. The van der Waals surface area contributed by atoms with Crippen LogP contribution in [0.3, 0.4) is 0 Å². The van der Waals surface area contributed by atoms with Gasteiger partial charge in [-0.25, -0.2) is 4.79 Å². The lowest BCUT2D eigenvalue weighted by atomic mass is 9.94. The minimum Gasteiger partial charge on any atom is -0.461 e. The number of benzene rings is 2. The van der Waals surface area contributed by atoms with E-state index in [0.29, 0.717) is 6.54 Å². The maximum atomic E-state index is 13.6. The summed E-state index contributed by atoms with van der Waals surface area (Å²) in [6.45, 7) is 8.33. The Bertz CT molecular complexity index is 1250. The summed E-state index contributed by atoms with van der Waals surface area (Å²) < 4.78 is 6.49. The second-order valence-electron chi connectivity index (χ2n) is 9.11. The Morgan fingerprint density at radius 2 is 1.63 bits per heavy atom. The molecule has 1 N–H and O–H groups in total. The van der Waals surface area contributed by atoms with Gasteiger partial charge in [-0.15, -0.1) is 0 Å². The summed E-state index contributed by atoms with van der Waals surface area (Å²) in [7, 11) is 0. The van der Waals surface area contributed by atoms with Gasteiger partial charge in [0.15, 0.2) is 5.69 Å². The number of esters is 1. The van der Waals surface area contributed by atoms with Crippen LogP contribution < -0.4 is 5.32 Å². The molecule has 0 fully saturated rings. The normalized spacial score (nSPS) is 17.1. The zero-order valence-corrected chi connectivity index (χ0v) is 20.5. The highest BCUT2D eigenvalue weighted by atomic mass is 16.5. The standard InChI is InChI=1S/C27H30N4O4/c1-5-35-25(33)22-14-23-24(32)30(16-21-12-8-19(3)9-13-21)27(4,17-31(23)29-22)26(34)28-15-20-10-6-18(2)7-11-20/h6-14H,5,15-17H2,1-4H3,(H,28,34)/t27-/m1/s1. The van der Waals surface area contributed by atoms with Gasteiger partial charge in [0.05, 0.1) is 13.2 Å². The summed E-state index contributed by atoms with van der Waals surface area (Å²) >= 11 is 0. The van der Waals surface area contributed by atoms with Gasteiger partial charge in [0.1, 0.15) is 11.2 Å². The van der Waals surface area contributed by atoms with E-state index >= 15 is 0 Å². The van der Waals surface area contributed by atoms with Crippen molar-refractivity contribution >= 4 is 17.8 Å². The Labute approximate surface area is 204 Å². The molecule has 182 valence electrons. The number of amides is 2. The van der Waals surface area contributed by atoms with Gasteiger partial charge < -0.3 is 15.0 Å². The van der Waals surface area contributed by atoms with Gasteiger partial charge in [0, 0.05) is 19.2 Å². The number of fused-ring (bicyclic) bond motifs is 1. The maximum absolute atomic E-state index is 13.6. The third kappa shape index (κ3) is 4.96. The van der Waals surface area contributed by atoms with Crippen molar-refractivity contribution in [1.82, 2.24) is 20.0 Å². The van der Waals surface area contributed by atoms with Gasteiger partial charge in [-0.1, -0.05) is 59.7 Å². The van der Waals surface area contributed by atoms with Crippen molar-refractivity contribution in [2.75, 3.05) is 6.61 Å². The molecule has 2 amide bonds. The Hall–Kier alpha value is -3.94. The molecule has 0 spiro atoms. The fraction of sp³-hybridized carbons (Fsp3) is 0.333. The summed E-state index contributed by atoms with van der Waals surface area (Å²) in [4.78, 5) is 41.0. The highest BCUT2D eigenvalue weighted by molar-refractivity contribution is 6.01. The van der Waals surface area contributed by atoms with Crippen LogP contribution >= 0.6 is 0 Å². The highest BCUT2D eigenvalue weighted by Crippen LogP contribution is 2.30. The van der Waals surface area contributed by atoms with Crippen molar-refractivity contribution in [3.63, 3.8) is 0 Å². The molecule has 0 saturated heterocycles. The zero-order chi connectivity index (χ0) is 25.2. The molecular weight excluding hydrogens is 444 g/mol. The third-order valence-electron chi connectivity index (χ3n) is 6.31. The van der Waals surface area contributed by atoms with E-state index in [4.69, 9.17) is 4.74 Å². The number of ether oxygens (including phenoxy) is 1. The number of aromatic nitrogens is 2. The Morgan fingerprint density at radius 3 is 2.23 bits per heavy atom. The minimum atomic E-state index is -1.22. The van der Waals surface area contributed by atoms with Crippen LogP contribution in [0, 0.1) is 13.8 Å². The lowest BCUT2D eigenvalue weighted by Crippen LogP contribution is -2.63. The molecule has 4 rings (SSSR count). The molecule has 2 heterocycles. The van der Waals surface area contributed by atoms with E-state index in [1.165, 1.54) is 10.7 Å². The fourth-order valence-electron chi connectivity index (χ4n) is 4.15. The summed E-state index contributed by atoms with van der Waals surface area (Å²) in [6.07, 6.45) is 0. The molecule has 0 bridgehead atoms. The molecule has 0 unspecified atom stereocenters. The Kier molecular flexibility index (Phi) is 6.73. The molecule has 8 nitrogen and oxygen atoms in total. The number of carbonyl (C=O) groups is 3. The van der Waals surface area contributed by atoms with E-state index in [1.54, 1.807) is 18.7 Å². The van der Waals surface area contributed by atoms with E-state index in [-0.39, 0.29) is 42.9 Å². The van der Waals surface area contributed by atoms with Crippen LogP contribution in [0.15, 0.2) is 54.6 Å². The molecule has 3 aromatic rings. The molecule has 35 heavy (non-hydrogen) atoms. The number of carbonyl (C=O) groups excluding carboxylic acids is 3. The molecule has 1 aliphatic heterocycles. The van der Waals surface area contributed by atoms with Crippen molar-refractivity contribution in [1.29, 1.82) is 0 Å². The smallest absolute Gasteiger partial charge is 0.358 e. The predicted molar refractivity (Wildman–Crippen MR) is 131 cm³/mol. The predicted octanol–water partition coefficient (Wildman–Crippen LogP) is 3.41. The quantitative estimate of drug-likeness (QED) is 0.530.